The van der Waals surface area contributed by atoms with Crippen molar-refractivity contribution in [1.29, 1.82) is 0 Å². The van der Waals surface area contributed by atoms with Gasteiger partial charge in [-0.3, -0.25) is 0 Å². The predicted octanol–water partition coefficient (Wildman–Crippen LogP) is 6.06. The highest BCUT2D eigenvalue weighted by Gasteiger charge is 2.40. The molecule has 2 unspecified atom stereocenters. The van der Waals surface area contributed by atoms with Gasteiger partial charge in [0.05, 0.1) is 12.5 Å². The van der Waals surface area contributed by atoms with Crippen molar-refractivity contribution in [2.24, 2.45) is 11.8 Å². The molecule has 0 saturated carbocycles. The van der Waals surface area contributed by atoms with E-state index < -0.39 is 5.97 Å². The smallest absolute Gasteiger partial charge is 0.348 e. The number of ether oxygens (including phenoxy) is 1. The van der Waals surface area contributed by atoms with Gasteiger partial charge in [0.15, 0.2) is 0 Å². The van der Waals surface area contributed by atoms with Gasteiger partial charge in [-0.1, -0.05) is 64.6 Å². The summed E-state index contributed by atoms with van der Waals surface area (Å²) in [5.74, 6) is -0.577. The first-order chi connectivity index (χ1) is 15.9. The zero-order valence-corrected chi connectivity index (χ0v) is 21.8. The number of nitrogens with two attached hydrogens (primary N) is 1. The van der Waals surface area contributed by atoms with E-state index in [1.54, 1.807) is 0 Å². The van der Waals surface area contributed by atoms with Gasteiger partial charge in [-0.05, 0) is 71.6 Å². The lowest BCUT2D eigenvalue weighted by Crippen LogP contribution is -2.38. The summed E-state index contributed by atoms with van der Waals surface area (Å²) in [6.07, 6.45) is 1.02. The van der Waals surface area contributed by atoms with Crippen LogP contribution in [0.1, 0.15) is 63.3 Å². The van der Waals surface area contributed by atoms with E-state index in [2.05, 4.69) is 20.8 Å². The number of benzene rings is 2. The molecule has 0 saturated heterocycles. The number of hydrogen-bond donors (Lipinski definition) is 3. The quantitative estimate of drug-likeness (QED) is 0.327. The molecule has 34 heavy (non-hydrogen) atoms. The van der Waals surface area contributed by atoms with Gasteiger partial charge in [0.2, 0.25) is 0 Å². The van der Waals surface area contributed by atoms with Gasteiger partial charge in [0.25, 0.3) is 0 Å². The second-order valence-electron chi connectivity index (χ2n) is 10.5. The van der Waals surface area contributed by atoms with Gasteiger partial charge in [0, 0.05) is 10.6 Å². The molecule has 3 rings (SSSR count). The number of hydrogen-bond acceptors (Lipinski definition) is 6. The molecule has 0 radical (unpaired) electrons. The summed E-state index contributed by atoms with van der Waals surface area (Å²) in [6.45, 7) is 12.2. The van der Waals surface area contributed by atoms with Crippen molar-refractivity contribution >= 4 is 23.4 Å². The Labute approximate surface area is 207 Å². The number of aliphatic hydroxyl groups is 2. The molecule has 2 aromatic rings. The lowest BCUT2D eigenvalue weighted by molar-refractivity contribution is -0.152. The molecule has 4 N–H and O–H groups in total. The number of carbonyl (C=O) groups excluding carboxylic acids is 1. The first-order valence-corrected chi connectivity index (χ1v) is 12.6. The highest BCUT2D eigenvalue weighted by molar-refractivity contribution is 8.04. The summed E-state index contributed by atoms with van der Waals surface area (Å²) in [4.78, 5) is 14.2. The molecule has 0 amide bonds. The van der Waals surface area contributed by atoms with E-state index in [0.29, 0.717) is 12.1 Å². The summed E-state index contributed by atoms with van der Waals surface area (Å²) in [7, 11) is 0. The minimum atomic E-state index is -0.478. The maximum absolute atomic E-state index is 13.0. The van der Waals surface area contributed by atoms with Crippen LogP contribution >= 0.6 is 11.8 Å². The van der Waals surface area contributed by atoms with Crippen molar-refractivity contribution in [3.05, 3.63) is 69.3 Å². The van der Waals surface area contributed by atoms with Gasteiger partial charge in [-0.25, -0.2) is 4.79 Å². The molecule has 0 bridgehead atoms. The Hall–Kier alpha value is -2.44. The summed E-state index contributed by atoms with van der Waals surface area (Å²) in [5.41, 5.74) is 10.3. The molecule has 184 valence electrons. The van der Waals surface area contributed by atoms with Gasteiger partial charge >= 0.3 is 5.97 Å². The van der Waals surface area contributed by atoms with E-state index in [9.17, 15) is 15.0 Å². The number of rotatable bonds is 7. The number of esters is 1. The van der Waals surface area contributed by atoms with Gasteiger partial charge in [0.1, 0.15) is 16.8 Å². The Morgan fingerprint density at radius 2 is 1.79 bits per heavy atom. The molecule has 0 aromatic heterocycles. The Kier molecular flexibility index (Phi) is 8.04. The normalized spacial score (nSPS) is 19.0. The first-order valence-electron chi connectivity index (χ1n) is 11.8. The molecular formula is C28H37NO4S. The molecule has 2 atom stereocenters. The van der Waals surface area contributed by atoms with Crippen molar-refractivity contribution in [2.45, 2.75) is 77.4 Å². The fraction of sp³-hybridized carbons (Fsp3) is 0.464. The van der Waals surface area contributed by atoms with Crippen molar-refractivity contribution in [3.63, 3.8) is 0 Å². The molecule has 1 aliphatic rings. The Bertz CT molecular complexity index is 1070. The molecule has 0 spiro atoms. The zero-order chi connectivity index (χ0) is 25.2. The van der Waals surface area contributed by atoms with Crippen LogP contribution in [0.2, 0.25) is 0 Å². The number of aliphatic hydroxyl groups excluding tert-OH is 2. The van der Waals surface area contributed by atoms with Crippen LogP contribution in [0.25, 0.3) is 0 Å². The highest BCUT2D eigenvalue weighted by atomic mass is 32.2. The first kappa shape index (κ1) is 26.2. The minimum Gasteiger partial charge on any atom is -0.510 e. The van der Waals surface area contributed by atoms with E-state index in [1.807, 2.05) is 57.2 Å². The average Bonchev–Trinajstić information content (AvgIpc) is 2.76. The summed E-state index contributed by atoms with van der Waals surface area (Å²) in [5, 5.41) is 21.1. The average molecular weight is 484 g/mol. The third-order valence-corrected chi connectivity index (χ3v) is 7.56. The van der Waals surface area contributed by atoms with E-state index in [0.717, 1.165) is 33.6 Å². The standard InChI is InChI=1S/C28H37NO4S/c1-16(2)25-21(12-9-18-7-10-20(29)11-8-18)24(31)26(27(32)33-25)34-23-13-17(3)19(15-30)14-22(23)28(4,5)6/h7-8,10-11,13-14,16,21,25,30-31H,9,12,15,29H2,1-6H3. The van der Waals surface area contributed by atoms with Gasteiger partial charge in [-0.15, -0.1) is 0 Å². The van der Waals surface area contributed by atoms with Crippen LogP contribution in [0, 0.1) is 18.8 Å². The molecule has 5 nitrogen and oxygen atoms in total. The number of carbonyl (C=O) groups is 1. The van der Waals surface area contributed by atoms with Gasteiger partial charge in [-0.2, -0.15) is 0 Å². The second kappa shape index (κ2) is 10.4. The summed E-state index contributed by atoms with van der Waals surface area (Å²) in [6, 6.07) is 11.7. The van der Waals surface area contributed by atoms with E-state index >= 15 is 0 Å². The molecule has 0 aliphatic carbocycles. The highest BCUT2D eigenvalue weighted by Crippen LogP contribution is 2.43. The Balaban J connectivity index is 1.98. The van der Waals surface area contributed by atoms with Crippen LogP contribution in [0.3, 0.4) is 0 Å². The third-order valence-electron chi connectivity index (χ3n) is 6.42. The van der Waals surface area contributed by atoms with E-state index in [4.69, 9.17) is 10.5 Å². The maximum atomic E-state index is 13.0. The monoisotopic (exact) mass is 483 g/mol. The van der Waals surface area contributed by atoms with E-state index in [1.165, 1.54) is 11.8 Å². The number of cyclic esters (lactones) is 1. The molecule has 2 aromatic carbocycles. The second-order valence-corrected chi connectivity index (χ2v) is 11.6. The van der Waals surface area contributed by atoms with Crippen LogP contribution in [0.4, 0.5) is 5.69 Å². The zero-order valence-electron chi connectivity index (χ0n) is 21.0. The fourth-order valence-corrected chi connectivity index (χ4v) is 5.69. The van der Waals surface area contributed by atoms with Gasteiger partial charge < -0.3 is 20.7 Å². The van der Waals surface area contributed by atoms with Crippen LogP contribution in [-0.4, -0.2) is 22.3 Å². The molecule has 0 fully saturated rings. The van der Waals surface area contributed by atoms with Crippen molar-refractivity contribution in [3.8, 4) is 0 Å². The lowest BCUT2D eigenvalue weighted by atomic mass is 9.85. The predicted molar refractivity (Wildman–Crippen MR) is 139 cm³/mol. The fourth-order valence-electron chi connectivity index (χ4n) is 4.37. The van der Waals surface area contributed by atoms with Crippen LogP contribution in [0.15, 0.2) is 52.0 Å². The maximum Gasteiger partial charge on any atom is 0.348 e. The van der Waals surface area contributed by atoms with Crippen LogP contribution in [0.5, 0.6) is 0 Å². The Morgan fingerprint density at radius 3 is 2.35 bits per heavy atom. The largest absolute Gasteiger partial charge is 0.510 e. The van der Waals surface area contributed by atoms with Crippen LogP contribution in [-0.2, 0) is 28.0 Å². The van der Waals surface area contributed by atoms with E-state index in [-0.39, 0.29) is 40.6 Å². The van der Waals surface area contributed by atoms with Crippen molar-refractivity contribution < 1.29 is 19.7 Å². The molecule has 6 heteroatoms. The molecular weight excluding hydrogens is 446 g/mol. The third kappa shape index (κ3) is 5.78. The minimum absolute atomic E-state index is 0.0425. The number of anilines is 1. The van der Waals surface area contributed by atoms with Crippen molar-refractivity contribution in [2.75, 3.05) is 5.73 Å². The molecule has 1 heterocycles. The van der Waals surface area contributed by atoms with Crippen molar-refractivity contribution in [1.82, 2.24) is 0 Å². The number of thioether (sulfide) groups is 1. The lowest BCUT2D eigenvalue weighted by Gasteiger charge is -2.35. The Morgan fingerprint density at radius 1 is 1.15 bits per heavy atom. The number of aryl methyl sites for hydroxylation is 2. The number of nitrogen functional groups attached to an aromatic ring is 1. The SMILES string of the molecule is Cc1cc(SC2=C(O)C(CCc3ccc(N)cc3)C(C(C)C)OC2=O)c(C(C)(C)C)cc1CO. The summed E-state index contributed by atoms with van der Waals surface area (Å²) >= 11 is 1.27. The van der Waals surface area contributed by atoms with Crippen LogP contribution < -0.4 is 5.73 Å². The summed E-state index contributed by atoms with van der Waals surface area (Å²) < 4.78 is 5.89. The molecule has 1 aliphatic heterocycles. The topological polar surface area (TPSA) is 92.8 Å².